The fraction of sp³-hybridized carbons (Fsp3) is 0.107. The number of nitrogens with zero attached hydrogens (tertiary/aromatic N) is 4. The van der Waals surface area contributed by atoms with E-state index < -0.39 is 10.0 Å². The zero-order valence-electron chi connectivity index (χ0n) is 20.9. The van der Waals surface area contributed by atoms with E-state index in [0.29, 0.717) is 39.8 Å². The predicted octanol–water partition coefficient (Wildman–Crippen LogP) is 5.31. The fourth-order valence-electron chi connectivity index (χ4n) is 4.36. The molecule has 0 fully saturated rings. The van der Waals surface area contributed by atoms with E-state index in [4.69, 9.17) is 15.1 Å². The van der Waals surface area contributed by atoms with Crippen LogP contribution in [0.15, 0.2) is 77.8 Å². The Kier molecular flexibility index (Phi) is 6.32. The number of nitriles is 1. The summed E-state index contributed by atoms with van der Waals surface area (Å²) in [6.07, 6.45) is 1.88. The second kappa shape index (κ2) is 9.63. The van der Waals surface area contributed by atoms with Crippen molar-refractivity contribution in [2.45, 2.75) is 18.7 Å². The zero-order chi connectivity index (χ0) is 27.0. The Morgan fingerprint density at radius 1 is 1.00 bits per heavy atom. The second-order valence-corrected chi connectivity index (χ2v) is 10.4. The fourth-order valence-corrected chi connectivity index (χ4v) is 5.12. The van der Waals surface area contributed by atoms with E-state index in [9.17, 15) is 8.42 Å². The normalized spacial score (nSPS) is 11.3. The van der Waals surface area contributed by atoms with Gasteiger partial charge in [0.1, 0.15) is 11.3 Å². The van der Waals surface area contributed by atoms with Crippen LogP contribution in [0.5, 0.6) is 11.6 Å². The minimum absolute atomic E-state index is 0.0623. The van der Waals surface area contributed by atoms with Crippen molar-refractivity contribution in [3.63, 3.8) is 0 Å². The van der Waals surface area contributed by atoms with Crippen LogP contribution in [0.25, 0.3) is 22.2 Å². The Balaban J connectivity index is 1.55. The van der Waals surface area contributed by atoms with Gasteiger partial charge in [0.05, 0.1) is 22.0 Å². The third kappa shape index (κ3) is 4.80. The van der Waals surface area contributed by atoms with Gasteiger partial charge in [-0.1, -0.05) is 18.2 Å². The molecule has 0 aliphatic heterocycles. The van der Waals surface area contributed by atoms with Gasteiger partial charge in [-0.05, 0) is 79.1 Å². The maximum Gasteiger partial charge on any atom is 0.249 e. The largest absolute Gasteiger partial charge is 0.436 e. The lowest BCUT2D eigenvalue weighted by molar-refractivity contribution is 0.459. The number of sulfonamides is 1. The number of anilines is 2. The molecule has 3 aromatic carbocycles. The molecule has 10 heteroatoms. The highest BCUT2D eigenvalue weighted by atomic mass is 32.2. The van der Waals surface area contributed by atoms with Crippen LogP contribution in [-0.4, -0.2) is 23.0 Å². The van der Waals surface area contributed by atoms with Crippen LogP contribution in [0.1, 0.15) is 16.7 Å². The van der Waals surface area contributed by atoms with Gasteiger partial charge in [-0.25, -0.2) is 18.5 Å². The molecule has 0 aliphatic carbocycles. The Morgan fingerprint density at radius 3 is 2.34 bits per heavy atom. The zero-order valence-corrected chi connectivity index (χ0v) is 21.7. The number of ether oxygens (including phenoxy) is 1. The van der Waals surface area contributed by atoms with Gasteiger partial charge in [-0.15, -0.1) is 0 Å². The highest BCUT2D eigenvalue weighted by Crippen LogP contribution is 2.37. The molecule has 2 aromatic heterocycles. The molecule has 0 spiro atoms. The predicted molar refractivity (Wildman–Crippen MR) is 146 cm³/mol. The summed E-state index contributed by atoms with van der Waals surface area (Å²) in [5, 5.41) is 17.7. The molecule has 0 radical (unpaired) electrons. The van der Waals surface area contributed by atoms with Crippen LogP contribution >= 0.6 is 0 Å². The summed E-state index contributed by atoms with van der Waals surface area (Å²) < 4.78 is 32.6. The quantitative estimate of drug-likeness (QED) is 0.307. The summed E-state index contributed by atoms with van der Waals surface area (Å²) in [5.74, 6) is 1.31. The van der Waals surface area contributed by atoms with Gasteiger partial charge < -0.3 is 14.6 Å². The average molecular weight is 525 g/mol. The Bertz CT molecular complexity index is 1810. The van der Waals surface area contributed by atoms with Crippen LogP contribution in [0, 0.1) is 25.2 Å². The van der Waals surface area contributed by atoms with Crippen molar-refractivity contribution in [3.8, 4) is 28.8 Å². The van der Waals surface area contributed by atoms with Crippen molar-refractivity contribution in [2.75, 3.05) is 5.32 Å². The van der Waals surface area contributed by atoms with E-state index in [2.05, 4.69) is 21.4 Å². The first-order valence-electron chi connectivity index (χ1n) is 11.7. The van der Waals surface area contributed by atoms with Gasteiger partial charge >= 0.3 is 0 Å². The summed E-state index contributed by atoms with van der Waals surface area (Å²) in [5.41, 5.74) is 5.54. The van der Waals surface area contributed by atoms with Crippen LogP contribution in [0.4, 0.5) is 11.6 Å². The number of nitrogens with one attached hydrogen (secondary N) is 1. The van der Waals surface area contributed by atoms with Crippen molar-refractivity contribution >= 4 is 32.7 Å². The third-order valence-corrected chi connectivity index (χ3v) is 7.09. The number of benzene rings is 3. The van der Waals surface area contributed by atoms with Crippen LogP contribution in [0.3, 0.4) is 0 Å². The minimum Gasteiger partial charge on any atom is -0.436 e. The maximum absolute atomic E-state index is 12.1. The van der Waals surface area contributed by atoms with E-state index in [-0.39, 0.29) is 4.90 Å². The first-order valence-corrected chi connectivity index (χ1v) is 13.2. The minimum atomic E-state index is -3.90. The number of rotatable bonds is 6. The molecule has 3 N–H and O–H groups in total. The number of primary sulfonamides is 1. The first kappa shape index (κ1) is 25.0. The highest BCUT2D eigenvalue weighted by molar-refractivity contribution is 7.89. The standard InChI is InChI=1S/C28H24N6O3S/c1-17-14-20(22-6-4-5-7-24(22)38(30,35)36)15-18(2)26(17)37-27-25-23(12-13-34(25)3)32-28(33-27)31-21-10-8-19(16-29)9-11-21/h4-15H,1-3H3,(H2,30,35,36)(H,31,32,33). The van der Waals surface area contributed by atoms with Gasteiger partial charge in [-0.2, -0.15) is 10.2 Å². The van der Waals surface area contributed by atoms with E-state index in [1.54, 1.807) is 42.5 Å². The van der Waals surface area contributed by atoms with Crippen molar-refractivity contribution in [1.29, 1.82) is 5.26 Å². The number of nitrogens with two attached hydrogens (primary N) is 1. The lowest BCUT2D eigenvalue weighted by atomic mass is 9.99. The Hall–Kier alpha value is -4.72. The molecule has 0 aliphatic rings. The number of hydrogen-bond acceptors (Lipinski definition) is 7. The van der Waals surface area contributed by atoms with E-state index in [1.165, 1.54) is 6.07 Å². The molecular formula is C28H24N6O3S. The smallest absolute Gasteiger partial charge is 0.249 e. The van der Waals surface area contributed by atoms with E-state index in [0.717, 1.165) is 22.3 Å². The summed E-state index contributed by atoms with van der Waals surface area (Å²) in [7, 11) is -2.01. The van der Waals surface area contributed by atoms with Gasteiger partial charge in [0, 0.05) is 24.5 Å². The molecule has 0 bridgehead atoms. The molecule has 190 valence electrons. The summed E-state index contributed by atoms with van der Waals surface area (Å²) >= 11 is 0. The number of aromatic nitrogens is 3. The molecular weight excluding hydrogens is 500 g/mol. The topological polar surface area (TPSA) is 136 Å². The van der Waals surface area contributed by atoms with Gasteiger partial charge in [0.15, 0.2) is 0 Å². The molecule has 5 aromatic rings. The van der Waals surface area contributed by atoms with Crippen LogP contribution < -0.4 is 15.2 Å². The SMILES string of the molecule is Cc1cc(-c2ccccc2S(N)(=O)=O)cc(C)c1Oc1nc(Nc2ccc(C#N)cc2)nc2ccn(C)c12. The van der Waals surface area contributed by atoms with E-state index >= 15 is 0 Å². The van der Waals surface area contributed by atoms with Crippen LogP contribution in [0.2, 0.25) is 0 Å². The molecule has 0 amide bonds. The van der Waals surface area contributed by atoms with Gasteiger partial charge in [-0.3, -0.25) is 0 Å². The lowest BCUT2D eigenvalue weighted by Gasteiger charge is -2.16. The molecule has 0 saturated carbocycles. The number of fused-ring (bicyclic) bond motifs is 1. The Morgan fingerprint density at radius 2 is 1.68 bits per heavy atom. The molecule has 5 rings (SSSR count). The molecule has 9 nitrogen and oxygen atoms in total. The average Bonchev–Trinajstić information content (AvgIpc) is 3.26. The van der Waals surface area contributed by atoms with Gasteiger partial charge in [0.2, 0.25) is 21.9 Å². The molecule has 0 atom stereocenters. The van der Waals surface area contributed by atoms with Crippen molar-refractivity contribution in [2.24, 2.45) is 12.2 Å². The lowest BCUT2D eigenvalue weighted by Crippen LogP contribution is -2.13. The summed E-state index contributed by atoms with van der Waals surface area (Å²) in [6.45, 7) is 3.79. The first-order chi connectivity index (χ1) is 18.1. The molecule has 0 unspecified atom stereocenters. The van der Waals surface area contributed by atoms with Crippen molar-refractivity contribution in [1.82, 2.24) is 14.5 Å². The maximum atomic E-state index is 12.1. The summed E-state index contributed by atoms with van der Waals surface area (Å²) in [6, 6.07) is 21.3. The second-order valence-electron chi connectivity index (χ2n) is 8.91. The highest BCUT2D eigenvalue weighted by Gasteiger charge is 2.19. The van der Waals surface area contributed by atoms with Crippen molar-refractivity contribution in [3.05, 3.63) is 89.6 Å². The molecule has 0 saturated heterocycles. The third-order valence-electron chi connectivity index (χ3n) is 6.12. The van der Waals surface area contributed by atoms with Gasteiger partial charge in [0.25, 0.3) is 0 Å². The monoisotopic (exact) mass is 524 g/mol. The van der Waals surface area contributed by atoms with E-state index in [1.807, 2.05) is 49.9 Å². The van der Waals surface area contributed by atoms with Crippen molar-refractivity contribution < 1.29 is 13.2 Å². The Labute approximate surface area is 220 Å². The number of hydrogen-bond donors (Lipinski definition) is 2. The molecule has 38 heavy (non-hydrogen) atoms. The van der Waals surface area contributed by atoms with Crippen LogP contribution in [-0.2, 0) is 17.1 Å². The number of aryl methyl sites for hydroxylation is 3. The summed E-state index contributed by atoms with van der Waals surface area (Å²) in [4.78, 5) is 9.32. The molecule has 2 heterocycles.